The first-order chi connectivity index (χ1) is 16.2. The van der Waals surface area contributed by atoms with Crippen LogP contribution >= 0.6 is 0 Å². The molecule has 1 atom stereocenters. The average Bonchev–Trinajstić information content (AvgIpc) is 3.40. The third kappa shape index (κ3) is 3.29. The highest BCUT2D eigenvalue weighted by Gasteiger charge is 2.33. The van der Waals surface area contributed by atoms with E-state index in [-0.39, 0.29) is 17.5 Å². The number of carbonyl (C=O) groups is 2. The van der Waals surface area contributed by atoms with E-state index >= 15 is 0 Å². The predicted molar refractivity (Wildman–Crippen MR) is 125 cm³/mol. The molecule has 0 N–H and O–H groups in total. The van der Waals surface area contributed by atoms with Crippen LogP contribution in [0.1, 0.15) is 11.1 Å². The molecule has 0 spiro atoms. The van der Waals surface area contributed by atoms with Crippen molar-refractivity contribution in [3.8, 4) is 0 Å². The molecular formula is C27H16N2O4. The summed E-state index contributed by atoms with van der Waals surface area (Å²) in [5, 5.41) is 3.87. The van der Waals surface area contributed by atoms with Gasteiger partial charge in [0.25, 0.3) is 0 Å². The zero-order valence-corrected chi connectivity index (χ0v) is 17.3. The van der Waals surface area contributed by atoms with Gasteiger partial charge in [-0.3, -0.25) is 0 Å². The lowest BCUT2D eigenvalue weighted by Gasteiger charge is -2.04. The molecule has 6 heteroatoms. The van der Waals surface area contributed by atoms with Gasteiger partial charge in [0.2, 0.25) is 11.8 Å². The number of aliphatic imine (C=N–C) groups is 2. The Balaban J connectivity index is 1.37. The molecule has 0 saturated heterocycles. The highest BCUT2D eigenvalue weighted by atomic mass is 16.6. The Morgan fingerprint density at radius 3 is 1.91 bits per heavy atom. The second-order valence-corrected chi connectivity index (χ2v) is 7.71. The molecule has 0 saturated carbocycles. The third-order valence-electron chi connectivity index (χ3n) is 5.67. The number of esters is 2. The molecule has 2 heterocycles. The molecule has 6 nitrogen and oxygen atoms in total. The van der Waals surface area contributed by atoms with Crippen molar-refractivity contribution in [3.05, 3.63) is 108 Å². The van der Waals surface area contributed by atoms with E-state index in [1.165, 1.54) is 6.08 Å². The van der Waals surface area contributed by atoms with Crippen LogP contribution in [0.5, 0.6) is 0 Å². The second kappa shape index (κ2) is 7.53. The SMILES string of the molecule is O=C1OC(c2cccc3ccccc23)=N/C1=C\C1N=C(c2cccc3ccccc23)OC1=O. The van der Waals surface area contributed by atoms with Gasteiger partial charge in [-0.2, -0.15) is 0 Å². The van der Waals surface area contributed by atoms with E-state index in [4.69, 9.17) is 9.47 Å². The van der Waals surface area contributed by atoms with Crippen molar-refractivity contribution in [3.63, 3.8) is 0 Å². The van der Waals surface area contributed by atoms with Gasteiger partial charge in [-0.05, 0) is 39.8 Å². The van der Waals surface area contributed by atoms with Crippen LogP contribution in [0, 0.1) is 0 Å². The molecule has 0 radical (unpaired) electrons. The first-order valence-corrected chi connectivity index (χ1v) is 10.5. The summed E-state index contributed by atoms with van der Waals surface area (Å²) >= 11 is 0. The van der Waals surface area contributed by atoms with E-state index in [0.717, 1.165) is 27.1 Å². The largest absolute Gasteiger partial charge is 0.405 e. The number of hydrogen-bond acceptors (Lipinski definition) is 6. The van der Waals surface area contributed by atoms with Crippen molar-refractivity contribution in [1.82, 2.24) is 0 Å². The zero-order chi connectivity index (χ0) is 22.4. The van der Waals surface area contributed by atoms with E-state index in [2.05, 4.69) is 9.98 Å². The van der Waals surface area contributed by atoms with E-state index in [0.29, 0.717) is 5.56 Å². The van der Waals surface area contributed by atoms with Gasteiger partial charge in [0.1, 0.15) is 0 Å². The molecule has 2 aliphatic heterocycles. The van der Waals surface area contributed by atoms with E-state index in [1.807, 2.05) is 84.9 Å². The molecule has 0 aromatic heterocycles. The van der Waals surface area contributed by atoms with Gasteiger partial charge in [-0.1, -0.05) is 72.8 Å². The van der Waals surface area contributed by atoms with Crippen molar-refractivity contribution in [2.45, 2.75) is 6.04 Å². The third-order valence-corrected chi connectivity index (χ3v) is 5.67. The fourth-order valence-corrected chi connectivity index (χ4v) is 4.10. The van der Waals surface area contributed by atoms with E-state index < -0.39 is 18.0 Å². The minimum atomic E-state index is -0.975. The number of carbonyl (C=O) groups excluding carboxylic acids is 2. The molecule has 0 fully saturated rings. The van der Waals surface area contributed by atoms with Gasteiger partial charge in [-0.25, -0.2) is 19.6 Å². The van der Waals surface area contributed by atoms with Crippen molar-refractivity contribution in [2.24, 2.45) is 9.98 Å². The van der Waals surface area contributed by atoms with Crippen molar-refractivity contribution >= 4 is 45.3 Å². The summed E-state index contributed by atoms with van der Waals surface area (Å²) in [5.74, 6) is -0.762. The molecule has 4 aromatic rings. The summed E-state index contributed by atoms with van der Waals surface area (Å²) in [4.78, 5) is 33.8. The molecular weight excluding hydrogens is 416 g/mol. The summed E-state index contributed by atoms with van der Waals surface area (Å²) < 4.78 is 10.9. The Morgan fingerprint density at radius 2 is 1.24 bits per heavy atom. The number of rotatable bonds is 3. The van der Waals surface area contributed by atoms with E-state index in [1.54, 1.807) is 0 Å². The monoisotopic (exact) mass is 432 g/mol. The quantitative estimate of drug-likeness (QED) is 0.351. The van der Waals surface area contributed by atoms with Crippen molar-refractivity contribution in [1.29, 1.82) is 0 Å². The standard InChI is InChI=1S/C27H16N2O4/c30-26-22(28-24(32-26)20-13-5-9-16-7-1-3-11-18(16)20)15-23-27(31)33-25(29-23)21-14-6-10-17-8-2-4-12-19(17)21/h1-15,22H/b23-15-. The van der Waals surface area contributed by atoms with Crippen LogP contribution in [0.2, 0.25) is 0 Å². The smallest absolute Gasteiger partial charge is 0.363 e. The zero-order valence-electron chi connectivity index (χ0n) is 17.3. The number of benzene rings is 4. The highest BCUT2D eigenvalue weighted by molar-refractivity contribution is 6.17. The maximum Gasteiger partial charge on any atom is 0.363 e. The van der Waals surface area contributed by atoms with Gasteiger partial charge < -0.3 is 9.47 Å². The van der Waals surface area contributed by atoms with Crippen LogP contribution < -0.4 is 0 Å². The summed E-state index contributed by atoms with van der Waals surface area (Å²) in [6.45, 7) is 0. The Bertz CT molecular complexity index is 1550. The Hall–Kier alpha value is -4.58. The molecule has 2 aliphatic rings. The number of nitrogens with zero attached hydrogens (tertiary/aromatic N) is 2. The Morgan fingerprint density at radius 1 is 0.667 bits per heavy atom. The lowest BCUT2D eigenvalue weighted by Crippen LogP contribution is -2.14. The average molecular weight is 432 g/mol. The summed E-state index contributed by atoms with van der Waals surface area (Å²) in [6, 6.07) is 26.0. The van der Waals surface area contributed by atoms with Crippen molar-refractivity contribution in [2.75, 3.05) is 0 Å². The second-order valence-electron chi connectivity index (χ2n) is 7.71. The van der Waals surface area contributed by atoms with Gasteiger partial charge in [0, 0.05) is 11.1 Å². The molecule has 4 aromatic carbocycles. The summed E-state index contributed by atoms with van der Waals surface area (Å²) in [7, 11) is 0. The van der Waals surface area contributed by atoms with Crippen LogP contribution in [-0.4, -0.2) is 29.8 Å². The fourth-order valence-electron chi connectivity index (χ4n) is 4.10. The molecule has 1 unspecified atom stereocenters. The normalized spacial score (nSPS) is 19.0. The first-order valence-electron chi connectivity index (χ1n) is 10.5. The van der Waals surface area contributed by atoms with Crippen LogP contribution in [0.15, 0.2) is 107 Å². The van der Waals surface area contributed by atoms with Gasteiger partial charge in [0.05, 0.1) is 0 Å². The molecule has 33 heavy (non-hydrogen) atoms. The van der Waals surface area contributed by atoms with Crippen LogP contribution in [0.3, 0.4) is 0 Å². The molecule has 6 rings (SSSR count). The van der Waals surface area contributed by atoms with Gasteiger partial charge >= 0.3 is 11.9 Å². The highest BCUT2D eigenvalue weighted by Crippen LogP contribution is 2.26. The maximum atomic E-state index is 12.5. The van der Waals surface area contributed by atoms with Gasteiger partial charge in [-0.15, -0.1) is 0 Å². The molecule has 0 bridgehead atoms. The summed E-state index contributed by atoms with van der Waals surface area (Å²) in [6.07, 6.45) is 1.39. The minimum absolute atomic E-state index is 0.0304. The number of hydrogen-bond donors (Lipinski definition) is 0. The van der Waals surface area contributed by atoms with Gasteiger partial charge in [0.15, 0.2) is 11.7 Å². The Labute approximate surface area is 188 Å². The molecule has 0 aliphatic carbocycles. The van der Waals surface area contributed by atoms with Crippen molar-refractivity contribution < 1.29 is 19.1 Å². The topological polar surface area (TPSA) is 77.3 Å². The van der Waals surface area contributed by atoms with Crippen LogP contribution in [0.4, 0.5) is 0 Å². The van der Waals surface area contributed by atoms with Crippen LogP contribution in [0.25, 0.3) is 21.5 Å². The predicted octanol–water partition coefficient (Wildman–Crippen LogP) is 4.55. The maximum absolute atomic E-state index is 12.5. The van der Waals surface area contributed by atoms with E-state index in [9.17, 15) is 9.59 Å². The first kappa shape index (κ1) is 19.1. The number of fused-ring (bicyclic) bond motifs is 2. The lowest BCUT2D eigenvalue weighted by molar-refractivity contribution is -0.133. The Kier molecular flexibility index (Phi) is 4.36. The lowest BCUT2D eigenvalue weighted by atomic mass is 10.0. The van der Waals surface area contributed by atoms with Crippen LogP contribution in [-0.2, 0) is 19.1 Å². The fraction of sp³-hybridized carbons (Fsp3) is 0.0370. The minimum Gasteiger partial charge on any atom is -0.405 e. The number of ether oxygens (including phenoxy) is 2. The molecule has 0 amide bonds. The number of cyclic esters (lactones) is 2. The molecule has 158 valence electrons. The summed E-state index contributed by atoms with van der Waals surface area (Å²) in [5.41, 5.74) is 1.46.